The maximum absolute atomic E-state index is 5.27. The number of alkyl halides is 1. The van der Waals surface area contributed by atoms with Crippen LogP contribution in [0.5, 0.6) is 0 Å². The first-order valence-electron chi connectivity index (χ1n) is 5.72. The highest BCUT2D eigenvalue weighted by Crippen LogP contribution is 2.02. The van der Waals surface area contributed by atoms with Crippen molar-refractivity contribution < 1.29 is 14.2 Å². The summed E-state index contributed by atoms with van der Waals surface area (Å²) in [5, 5.41) is 0.928. The monoisotopic (exact) mass is 308 g/mol. The molecule has 0 spiro atoms. The number of ether oxygens (including phenoxy) is 3. The van der Waals surface area contributed by atoms with Gasteiger partial charge in [0.2, 0.25) is 0 Å². The van der Waals surface area contributed by atoms with Crippen molar-refractivity contribution in [1.29, 1.82) is 0 Å². The van der Waals surface area contributed by atoms with E-state index in [0.29, 0.717) is 0 Å². The fraction of sp³-hybridized carbons (Fsp3) is 1.00. The molecule has 0 aromatic rings. The minimum Gasteiger partial charge on any atom is -0.381 e. The molecule has 1 rings (SSSR count). The molecule has 96 valence electrons. The summed E-state index contributed by atoms with van der Waals surface area (Å²) in [6.45, 7) is 7.38. The molecule has 1 saturated heterocycles. The molecular weight excluding hydrogens is 284 g/mol. The molecule has 0 bridgehead atoms. The van der Waals surface area contributed by atoms with E-state index in [9.17, 15) is 0 Å². The van der Waals surface area contributed by atoms with Gasteiger partial charge in [-0.05, 0) is 26.7 Å². The van der Waals surface area contributed by atoms with Gasteiger partial charge in [0.25, 0.3) is 0 Å². The second-order valence-corrected chi connectivity index (χ2v) is 3.93. The van der Waals surface area contributed by atoms with Gasteiger partial charge in [-0.25, -0.2) is 0 Å². The van der Waals surface area contributed by atoms with Gasteiger partial charge in [-0.3, -0.25) is 0 Å². The van der Waals surface area contributed by atoms with Crippen molar-refractivity contribution in [3.63, 3.8) is 0 Å². The summed E-state index contributed by atoms with van der Waals surface area (Å²) in [4.78, 5) is 0. The van der Waals surface area contributed by atoms with Gasteiger partial charge in [-0.2, -0.15) is 0 Å². The van der Waals surface area contributed by atoms with Crippen molar-refractivity contribution in [2.45, 2.75) is 39.4 Å². The summed E-state index contributed by atoms with van der Waals surface area (Å²) in [7, 11) is 0. The van der Waals surface area contributed by atoms with E-state index in [-0.39, 0.29) is 29.3 Å². The third-order valence-corrected chi connectivity index (χ3v) is 2.34. The van der Waals surface area contributed by atoms with Gasteiger partial charge in [0.15, 0.2) is 6.29 Å². The molecule has 0 unspecified atom stereocenters. The van der Waals surface area contributed by atoms with Crippen molar-refractivity contribution in [1.82, 2.24) is 0 Å². The van der Waals surface area contributed by atoms with Crippen LogP contribution in [0.2, 0.25) is 0 Å². The molecule has 1 heterocycles. The highest BCUT2D eigenvalue weighted by molar-refractivity contribution is 9.09. The maximum Gasteiger partial charge on any atom is 0.316 e. The Morgan fingerprint density at radius 3 is 1.88 bits per heavy atom. The third kappa shape index (κ3) is 13.2. The normalized spacial score (nSPS) is 14.2. The van der Waals surface area contributed by atoms with Gasteiger partial charge >= 0.3 is 23.1 Å². The zero-order valence-electron chi connectivity index (χ0n) is 9.84. The summed E-state index contributed by atoms with van der Waals surface area (Å²) in [5.41, 5.74) is 0. The Balaban J connectivity index is 0. The van der Waals surface area contributed by atoms with Gasteiger partial charge < -0.3 is 14.2 Å². The molecule has 0 amide bonds. The average Bonchev–Trinajstić information content (AvgIpc) is 2.77. The lowest BCUT2D eigenvalue weighted by Gasteiger charge is -2.14. The molecule has 1 fully saturated rings. The molecule has 0 N–H and O–H groups in total. The van der Waals surface area contributed by atoms with E-state index in [1.165, 1.54) is 12.8 Å². The Bertz CT molecular complexity index is 102. The Kier molecular flexibility index (Phi) is 19.6. The Hall–Kier alpha value is 1.13. The molecule has 0 aromatic carbocycles. The molecule has 3 nitrogen and oxygen atoms in total. The van der Waals surface area contributed by atoms with Crippen LogP contribution in [0.4, 0.5) is 0 Å². The van der Waals surface area contributed by atoms with Gasteiger partial charge in [-0.1, -0.05) is 15.9 Å². The molecule has 16 heavy (non-hydrogen) atoms. The fourth-order valence-electron chi connectivity index (χ4n) is 1.19. The maximum atomic E-state index is 5.27. The summed E-state index contributed by atoms with van der Waals surface area (Å²) in [6.07, 6.45) is 3.45. The zero-order valence-corrected chi connectivity index (χ0v) is 11.4. The molecule has 0 aliphatic carbocycles. The first kappa shape index (κ1) is 19.5. The molecule has 0 atom stereocenters. The van der Waals surface area contributed by atoms with Crippen molar-refractivity contribution >= 4 is 39.0 Å². The Morgan fingerprint density at radius 1 is 1.12 bits per heavy atom. The number of hydrogen-bond acceptors (Lipinski definition) is 3. The number of hydrogen-bond donors (Lipinski definition) is 0. The predicted molar refractivity (Wildman–Crippen MR) is 74.0 cm³/mol. The van der Waals surface area contributed by atoms with Crippen LogP contribution < -0.4 is 0 Å². The highest BCUT2D eigenvalue weighted by Gasteiger charge is 2.04. The lowest BCUT2D eigenvalue weighted by Crippen LogP contribution is -2.17. The standard InChI is InChI=1S/C7H15BrO2.C4H8O.Mg.2H/c1-3-9-7(5-6-8)10-4-2;1-2-4-5-3-1;;;/h7H,3-6H2,1-2H3;1-4H2;;;. The molecule has 1 aliphatic rings. The molecular formula is C11H25BrMgO3. The smallest absolute Gasteiger partial charge is 0.316 e. The molecule has 1 aliphatic heterocycles. The Morgan fingerprint density at radius 2 is 1.62 bits per heavy atom. The van der Waals surface area contributed by atoms with Crippen LogP contribution >= 0.6 is 15.9 Å². The lowest BCUT2D eigenvalue weighted by molar-refractivity contribution is -0.136. The molecule has 0 radical (unpaired) electrons. The second kappa shape index (κ2) is 16.1. The molecule has 0 aromatic heterocycles. The lowest BCUT2D eigenvalue weighted by atomic mass is 10.4. The number of rotatable bonds is 6. The van der Waals surface area contributed by atoms with E-state index in [1.807, 2.05) is 13.8 Å². The SMILES string of the molecule is C1CCOC1.CCOC(CCBr)OCC.[MgH2]. The van der Waals surface area contributed by atoms with E-state index in [0.717, 1.165) is 38.2 Å². The summed E-state index contributed by atoms with van der Waals surface area (Å²) >= 11 is 3.33. The highest BCUT2D eigenvalue weighted by atomic mass is 79.9. The Labute approximate surface area is 124 Å². The van der Waals surface area contributed by atoms with Gasteiger partial charge in [-0.15, -0.1) is 0 Å². The largest absolute Gasteiger partial charge is 0.381 e. The van der Waals surface area contributed by atoms with E-state index >= 15 is 0 Å². The first-order chi connectivity index (χ1) is 7.35. The van der Waals surface area contributed by atoms with Gasteiger partial charge in [0.05, 0.1) is 0 Å². The van der Waals surface area contributed by atoms with Crippen LogP contribution in [-0.4, -0.2) is 61.1 Å². The van der Waals surface area contributed by atoms with Crippen LogP contribution in [0.25, 0.3) is 0 Å². The minimum atomic E-state index is -0.0191. The summed E-state index contributed by atoms with van der Waals surface area (Å²) < 4.78 is 15.5. The molecule has 0 saturated carbocycles. The molecule has 5 heteroatoms. The fourth-order valence-corrected chi connectivity index (χ4v) is 1.56. The topological polar surface area (TPSA) is 27.7 Å². The van der Waals surface area contributed by atoms with Crippen LogP contribution in [0.15, 0.2) is 0 Å². The number of halogens is 1. The van der Waals surface area contributed by atoms with Crippen LogP contribution in [0.3, 0.4) is 0 Å². The van der Waals surface area contributed by atoms with Gasteiger partial charge in [0, 0.05) is 38.2 Å². The van der Waals surface area contributed by atoms with E-state index < -0.39 is 0 Å². The van der Waals surface area contributed by atoms with E-state index in [4.69, 9.17) is 14.2 Å². The van der Waals surface area contributed by atoms with E-state index in [1.54, 1.807) is 0 Å². The van der Waals surface area contributed by atoms with Crippen LogP contribution in [0, 0.1) is 0 Å². The first-order valence-corrected chi connectivity index (χ1v) is 6.84. The van der Waals surface area contributed by atoms with Crippen molar-refractivity contribution in [2.24, 2.45) is 0 Å². The van der Waals surface area contributed by atoms with Crippen LogP contribution in [0.1, 0.15) is 33.1 Å². The van der Waals surface area contributed by atoms with Gasteiger partial charge in [0.1, 0.15) is 0 Å². The average molecular weight is 310 g/mol. The summed E-state index contributed by atoms with van der Waals surface area (Å²) in [6, 6.07) is 0. The second-order valence-electron chi connectivity index (χ2n) is 3.14. The minimum absolute atomic E-state index is 0. The third-order valence-electron chi connectivity index (χ3n) is 1.88. The van der Waals surface area contributed by atoms with Crippen LogP contribution in [-0.2, 0) is 14.2 Å². The predicted octanol–water partition coefficient (Wildman–Crippen LogP) is 2.05. The quantitative estimate of drug-likeness (QED) is 0.427. The van der Waals surface area contributed by atoms with Crippen molar-refractivity contribution in [2.75, 3.05) is 31.8 Å². The van der Waals surface area contributed by atoms with Crippen molar-refractivity contribution in [3.05, 3.63) is 0 Å². The van der Waals surface area contributed by atoms with Crippen molar-refractivity contribution in [3.8, 4) is 0 Å². The zero-order chi connectivity index (χ0) is 11.4. The summed E-state index contributed by atoms with van der Waals surface area (Å²) in [5.74, 6) is 0. The van der Waals surface area contributed by atoms with E-state index in [2.05, 4.69) is 15.9 Å².